The van der Waals surface area contributed by atoms with Gasteiger partial charge in [0, 0.05) is 51.3 Å². The van der Waals surface area contributed by atoms with Crippen LogP contribution in [0.2, 0.25) is 0 Å². The normalized spacial score (nSPS) is 14.5. The number of furan rings is 1. The van der Waals surface area contributed by atoms with E-state index in [1.807, 2.05) is 61.5 Å². The summed E-state index contributed by atoms with van der Waals surface area (Å²) in [5.41, 5.74) is 2.79. The highest BCUT2D eigenvalue weighted by Gasteiger charge is 2.31. The highest BCUT2D eigenvalue weighted by atomic mass is 16.5. The molecule has 0 bridgehead atoms. The molecule has 8 heteroatoms. The molecule has 5 rings (SSSR count). The maximum Gasteiger partial charge on any atom is 0.235 e. The van der Waals surface area contributed by atoms with Gasteiger partial charge in [0.15, 0.2) is 11.5 Å². The van der Waals surface area contributed by atoms with Gasteiger partial charge in [-0.25, -0.2) is 0 Å². The topological polar surface area (TPSA) is 91.3 Å². The van der Waals surface area contributed by atoms with Crippen molar-refractivity contribution in [3.05, 3.63) is 65.9 Å². The van der Waals surface area contributed by atoms with Crippen molar-refractivity contribution in [3.8, 4) is 22.9 Å². The van der Waals surface area contributed by atoms with Crippen LogP contribution in [0.3, 0.4) is 0 Å². The minimum absolute atomic E-state index is 0.0288. The molecule has 1 fully saturated rings. The third kappa shape index (κ3) is 4.38. The fourth-order valence-electron chi connectivity index (χ4n) is 4.53. The molecule has 182 valence electrons. The van der Waals surface area contributed by atoms with Gasteiger partial charge in [0.2, 0.25) is 11.7 Å². The quantitative estimate of drug-likeness (QED) is 0.391. The van der Waals surface area contributed by atoms with Crippen molar-refractivity contribution in [3.63, 3.8) is 0 Å². The van der Waals surface area contributed by atoms with Gasteiger partial charge in [-0.05, 0) is 29.8 Å². The molecule has 35 heavy (non-hydrogen) atoms. The smallest absolute Gasteiger partial charge is 0.235 e. The van der Waals surface area contributed by atoms with Gasteiger partial charge < -0.3 is 28.8 Å². The first-order valence-corrected chi connectivity index (χ1v) is 11.7. The Labute approximate surface area is 203 Å². The van der Waals surface area contributed by atoms with Crippen molar-refractivity contribution < 1.29 is 24.2 Å². The molecule has 0 saturated carbocycles. The zero-order valence-corrected chi connectivity index (χ0v) is 19.9. The van der Waals surface area contributed by atoms with E-state index in [4.69, 9.17) is 9.15 Å². The van der Waals surface area contributed by atoms with Crippen molar-refractivity contribution in [1.29, 1.82) is 0 Å². The van der Waals surface area contributed by atoms with Crippen molar-refractivity contribution in [2.75, 3.05) is 51.8 Å². The maximum absolute atomic E-state index is 13.7. The van der Waals surface area contributed by atoms with Gasteiger partial charge in [-0.2, -0.15) is 0 Å². The van der Waals surface area contributed by atoms with Crippen LogP contribution in [0.5, 0.6) is 11.6 Å². The SMILES string of the molecule is CN(C)c1ccc(-c2c(C(=O)c3cc4ccccc4o3)c(O)c(O)n2CCN2CCOCC2)cc1. The predicted molar refractivity (Wildman–Crippen MR) is 134 cm³/mol. The Bertz CT molecular complexity index is 1310. The van der Waals surface area contributed by atoms with Gasteiger partial charge in [-0.1, -0.05) is 30.3 Å². The first kappa shape index (κ1) is 23.0. The summed E-state index contributed by atoms with van der Waals surface area (Å²) < 4.78 is 12.9. The fourth-order valence-corrected chi connectivity index (χ4v) is 4.53. The average Bonchev–Trinajstić information content (AvgIpc) is 3.42. The van der Waals surface area contributed by atoms with E-state index in [-0.39, 0.29) is 17.2 Å². The standard InChI is InChI=1S/C27H29N3O5/c1-28(2)20-9-7-18(8-10-20)24-23(25(31)22-17-19-5-3-4-6-21(19)35-22)26(32)27(33)30(24)12-11-29-13-15-34-16-14-29/h3-10,17,32-33H,11-16H2,1-2H3. The van der Waals surface area contributed by atoms with Crippen molar-refractivity contribution in [2.24, 2.45) is 0 Å². The van der Waals surface area contributed by atoms with E-state index >= 15 is 0 Å². The van der Waals surface area contributed by atoms with Crippen LogP contribution < -0.4 is 4.90 Å². The summed E-state index contributed by atoms with van der Waals surface area (Å²) in [5.74, 6) is -1.14. The Hall–Kier alpha value is -3.75. The highest BCUT2D eigenvalue weighted by Crippen LogP contribution is 2.42. The number of fused-ring (bicyclic) bond motifs is 1. The number of carbonyl (C=O) groups is 1. The number of rotatable bonds is 7. The zero-order chi connectivity index (χ0) is 24.5. The van der Waals surface area contributed by atoms with E-state index in [0.29, 0.717) is 43.1 Å². The number of benzene rings is 2. The summed E-state index contributed by atoms with van der Waals surface area (Å²) in [5, 5.41) is 22.7. The van der Waals surface area contributed by atoms with Gasteiger partial charge in [-0.15, -0.1) is 0 Å². The largest absolute Gasteiger partial charge is 0.503 e. The molecule has 1 saturated heterocycles. The second kappa shape index (κ2) is 9.48. The van der Waals surface area contributed by atoms with E-state index in [2.05, 4.69) is 4.90 Å². The molecule has 0 atom stereocenters. The van der Waals surface area contributed by atoms with Gasteiger partial charge in [0.25, 0.3) is 0 Å². The Morgan fingerprint density at radius 1 is 1.00 bits per heavy atom. The molecule has 8 nitrogen and oxygen atoms in total. The fraction of sp³-hybridized carbons (Fsp3) is 0.296. The number of anilines is 1. The highest BCUT2D eigenvalue weighted by molar-refractivity contribution is 6.14. The Morgan fingerprint density at radius 3 is 2.40 bits per heavy atom. The second-order valence-corrected chi connectivity index (χ2v) is 8.92. The van der Waals surface area contributed by atoms with Crippen LogP contribution in [0, 0.1) is 0 Å². The lowest BCUT2D eigenvalue weighted by molar-refractivity contribution is 0.0362. The summed E-state index contributed by atoms with van der Waals surface area (Å²) in [6.07, 6.45) is 0. The number of aromatic hydroxyl groups is 2. The third-order valence-electron chi connectivity index (χ3n) is 6.49. The van der Waals surface area contributed by atoms with Gasteiger partial charge >= 0.3 is 0 Å². The first-order chi connectivity index (χ1) is 16.9. The number of ether oxygens (including phenoxy) is 1. The molecule has 3 heterocycles. The molecular formula is C27H29N3O5. The van der Waals surface area contributed by atoms with Crippen LogP contribution in [-0.4, -0.2) is 72.4 Å². The number of carbonyl (C=O) groups excluding carboxylic acids is 1. The minimum atomic E-state index is -0.481. The van der Waals surface area contributed by atoms with Gasteiger partial charge in [-0.3, -0.25) is 9.69 Å². The lowest BCUT2D eigenvalue weighted by atomic mass is 10.0. The maximum atomic E-state index is 13.7. The van der Waals surface area contributed by atoms with E-state index in [1.165, 1.54) is 0 Å². The summed E-state index contributed by atoms with van der Waals surface area (Å²) in [6.45, 7) is 3.97. The first-order valence-electron chi connectivity index (χ1n) is 11.7. The molecule has 2 aromatic carbocycles. The molecule has 0 radical (unpaired) electrons. The van der Waals surface area contributed by atoms with Gasteiger partial charge in [0.1, 0.15) is 5.58 Å². The van der Waals surface area contributed by atoms with Crippen LogP contribution >= 0.6 is 0 Å². The Morgan fingerprint density at radius 2 is 1.71 bits per heavy atom. The summed E-state index contributed by atoms with van der Waals surface area (Å²) in [6, 6.07) is 16.7. The van der Waals surface area contributed by atoms with Crippen LogP contribution in [-0.2, 0) is 11.3 Å². The van der Waals surface area contributed by atoms with Crippen molar-refractivity contribution in [2.45, 2.75) is 6.54 Å². The summed E-state index contributed by atoms with van der Waals surface area (Å²) in [4.78, 5) is 17.9. The summed E-state index contributed by atoms with van der Waals surface area (Å²) >= 11 is 0. The second-order valence-electron chi connectivity index (χ2n) is 8.92. The van der Waals surface area contributed by atoms with E-state index in [9.17, 15) is 15.0 Å². The molecule has 4 aromatic rings. The molecular weight excluding hydrogens is 446 g/mol. The monoisotopic (exact) mass is 475 g/mol. The molecule has 2 aromatic heterocycles. The predicted octanol–water partition coefficient (Wildman–Crippen LogP) is 3.94. The van der Waals surface area contributed by atoms with Crippen molar-refractivity contribution in [1.82, 2.24) is 9.47 Å². The molecule has 0 spiro atoms. The van der Waals surface area contributed by atoms with Gasteiger partial charge in [0.05, 0.1) is 24.5 Å². The average molecular weight is 476 g/mol. The lowest BCUT2D eigenvalue weighted by Gasteiger charge is -2.27. The minimum Gasteiger partial charge on any atom is -0.503 e. The number of para-hydroxylation sites is 1. The van der Waals surface area contributed by atoms with E-state index in [0.717, 1.165) is 24.2 Å². The number of hydrogen-bond donors (Lipinski definition) is 2. The molecule has 2 N–H and O–H groups in total. The number of hydrogen-bond acceptors (Lipinski definition) is 7. The van der Waals surface area contributed by atoms with Crippen LogP contribution in [0.25, 0.3) is 22.2 Å². The molecule has 0 amide bonds. The molecule has 0 aliphatic carbocycles. The number of nitrogens with zero attached hydrogens (tertiary/aromatic N) is 3. The van der Waals surface area contributed by atoms with Crippen molar-refractivity contribution >= 4 is 22.4 Å². The lowest BCUT2D eigenvalue weighted by Crippen LogP contribution is -2.38. The number of ketones is 1. The van der Waals surface area contributed by atoms with E-state index in [1.54, 1.807) is 16.7 Å². The van der Waals surface area contributed by atoms with Crippen LogP contribution in [0.15, 0.2) is 59.0 Å². The molecule has 1 aliphatic heterocycles. The Kier molecular flexibility index (Phi) is 6.23. The third-order valence-corrected chi connectivity index (χ3v) is 6.49. The van der Waals surface area contributed by atoms with Crippen LogP contribution in [0.4, 0.5) is 5.69 Å². The molecule has 1 aliphatic rings. The number of morpholine rings is 1. The zero-order valence-electron chi connectivity index (χ0n) is 19.9. The molecule has 0 unspecified atom stereocenters. The Balaban J connectivity index is 1.59. The van der Waals surface area contributed by atoms with E-state index < -0.39 is 11.5 Å². The summed E-state index contributed by atoms with van der Waals surface area (Å²) in [7, 11) is 3.91. The number of aromatic nitrogens is 1. The van der Waals surface area contributed by atoms with Crippen LogP contribution in [0.1, 0.15) is 16.1 Å².